The Morgan fingerprint density at radius 3 is 2.26 bits per heavy atom. The van der Waals surface area contributed by atoms with E-state index in [0.717, 1.165) is 5.56 Å². The minimum atomic E-state index is -0.705. The maximum absolute atomic E-state index is 13.6. The Labute approximate surface area is 267 Å². The van der Waals surface area contributed by atoms with Crippen LogP contribution in [0.4, 0.5) is 17.2 Å². The van der Waals surface area contributed by atoms with Crippen molar-refractivity contribution in [1.82, 2.24) is 10.5 Å². The molecule has 0 saturated carbocycles. The van der Waals surface area contributed by atoms with Gasteiger partial charge in [0.15, 0.2) is 5.82 Å². The number of hydrogen-bond donors (Lipinski definition) is 3. The number of aromatic nitrogens is 1. The lowest BCUT2D eigenvalue weighted by atomic mass is 10.1. The summed E-state index contributed by atoms with van der Waals surface area (Å²) < 4.78 is 5.07. The molecule has 0 fully saturated rings. The number of thioether (sulfide) groups is 1. The summed E-state index contributed by atoms with van der Waals surface area (Å²) in [5.41, 5.74) is 1.12. The minimum Gasteiger partial charge on any atom is -0.360 e. The molecule has 0 radical (unpaired) electrons. The second-order valence-electron chi connectivity index (χ2n) is 9.90. The standard InChI is InChI=1S/C34H27N5O6S/c1-22-19-30(38-45-22)37-34(42)31(23-11-4-2-5-12-23)46-27-17-10-16-26(21-27)35-33(41)28(36-32(40)24-13-6-3-7-14-24)20-25-15-8-9-18-29(25)39(43)44/h2-21,31H,1H3,(H,35,41)(H,36,40)(H,37,38,42)/b28-20+. The fourth-order valence-electron chi connectivity index (χ4n) is 4.37. The molecule has 12 heteroatoms. The van der Waals surface area contributed by atoms with Crippen LogP contribution in [0, 0.1) is 17.0 Å². The molecule has 5 rings (SSSR count). The normalized spacial score (nSPS) is 11.7. The SMILES string of the molecule is Cc1cc(NC(=O)C(Sc2cccc(NC(=O)/C(=C\c3ccccc3[N+](=O)[O-])NC(=O)c3ccccc3)c2)c2ccccc2)no1. The van der Waals surface area contributed by atoms with Gasteiger partial charge in [-0.3, -0.25) is 24.5 Å². The van der Waals surface area contributed by atoms with Gasteiger partial charge in [0.05, 0.1) is 10.5 Å². The van der Waals surface area contributed by atoms with Crippen molar-refractivity contribution in [2.45, 2.75) is 17.1 Å². The fourth-order valence-corrected chi connectivity index (χ4v) is 5.46. The average molecular weight is 634 g/mol. The molecule has 0 spiro atoms. The molecule has 0 bridgehead atoms. The Morgan fingerprint density at radius 2 is 1.57 bits per heavy atom. The lowest BCUT2D eigenvalue weighted by molar-refractivity contribution is -0.385. The van der Waals surface area contributed by atoms with E-state index in [1.54, 1.807) is 73.7 Å². The molecule has 1 aromatic heterocycles. The van der Waals surface area contributed by atoms with Gasteiger partial charge in [0.1, 0.15) is 16.7 Å². The molecule has 5 aromatic rings. The first-order chi connectivity index (χ1) is 22.3. The average Bonchev–Trinajstić information content (AvgIpc) is 3.48. The van der Waals surface area contributed by atoms with Crippen LogP contribution in [0.5, 0.6) is 0 Å². The number of nitrogens with zero attached hydrogens (tertiary/aromatic N) is 2. The van der Waals surface area contributed by atoms with Gasteiger partial charge < -0.3 is 20.5 Å². The zero-order valence-electron chi connectivity index (χ0n) is 24.4. The molecule has 1 unspecified atom stereocenters. The highest BCUT2D eigenvalue weighted by molar-refractivity contribution is 8.00. The third-order valence-electron chi connectivity index (χ3n) is 6.53. The molecule has 0 aliphatic heterocycles. The van der Waals surface area contributed by atoms with Crippen LogP contribution in [-0.2, 0) is 9.59 Å². The Kier molecular flexibility index (Phi) is 10.0. The number of nitro groups is 1. The van der Waals surface area contributed by atoms with Crippen LogP contribution >= 0.6 is 11.8 Å². The van der Waals surface area contributed by atoms with E-state index in [0.29, 0.717) is 27.7 Å². The molecular formula is C34H27N5O6S. The Balaban J connectivity index is 1.40. The van der Waals surface area contributed by atoms with Crippen molar-refractivity contribution in [3.8, 4) is 0 Å². The van der Waals surface area contributed by atoms with Crippen LogP contribution in [0.1, 0.15) is 32.5 Å². The van der Waals surface area contributed by atoms with Crippen molar-refractivity contribution < 1.29 is 23.8 Å². The molecule has 0 aliphatic carbocycles. The van der Waals surface area contributed by atoms with Gasteiger partial charge in [-0.2, -0.15) is 0 Å². The van der Waals surface area contributed by atoms with Gasteiger partial charge in [-0.15, -0.1) is 11.8 Å². The van der Waals surface area contributed by atoms with E-state index in [2.05, 4.69) is 21.1 Å². The van der Waals surface area contributed by atoms with Crippen LogP contribution in [0.2, 0.25) is 0 Å². The Hall–Kier alpha value is -6.01. The minimum absolute atomic E-state index is 0.134. The molecule has 4 aromatic carbocycles. The van der Waals surface area contributed by atoms with Crippen LogP contribution < -0.4 is 16.0 Å². The summed E-state index contributed by atoms with van der Waals surface area (Å²) in [5.74, 6) is -0.747. The van der Waals surface area contributed by atoms with Crippen LogP contribution in [0.25, 0.3) is 6.08 Å². The fraction of sp³-hybridized carbons (Fsp3) is 0.0588. The zero-order valence-corrected chi connectivity index (χ0v) is 25.2. The van der Waals surface area contributed by atoms with E-state index in [4.69, 9.17) is 4.52 Å². The summed E-state index contributed by atoms with van der Waals surface area (Å²) in [5, 5.41) is 22.9. The molecule has 230 valence electrons. The molecular weight excluding hydrogens is 606 g/mol. The number of para-hydroxylation sites is 1. The number of benzene rings is 4. The topological polar surface area (TPSA) is 156 Å². The lowest BCUT2D eigenvalue weighted by Crippen LogP contribution is -2.30. The number of nitro benzene ring substituents is 1. The van der Waals surface area contributed by atoms with Gasteiger partial charge in [-0.1, -0.05) is 71.9 Å². The maximum atomic E-state index is 13.6. The molecule has 0 saturated heterocycles. The van der Waals surface area contributed by atoms with Gasteiger partial charge in [-0.25, -0.2) is 0 Å². The Bertz CT molecular complexity index is 1910. The summed E-state index contributed by atoms with van der Waals surface area (Å²) in [6.07, 6.45) is 1.26. The smallest absolute Gasteiger partial charge is 0.276 e. The third-order valence-corrected chi connectivity index (χ3v) is 7.78. The number of aryl methyl sites for hydroxylation is 1. The predicted octanol–water partition coefficient (Wildman–Crippen LogP) is 6.77. The monoisotopic (exact) mass is 633 g/mol. The van der Waals surface area contributed by atoms with Gasteiger partial charge in [0.2, 0.25) is 5.91 Å². The highest BCUT2D eigenvalue weighted by Crippen LogP contribution is 2.37. The Morgan fingerprint density at radius 1 is 0.870 bits per heavy atom. The third kappa shape index (κ3) is 8.12. The molecule has 3 N–H and O–H groups in total. The van der Waals surface area contributed by atoms with Gasteiger partial charge in [0.25, 0.3) is 17.5 Å². The van der Waals surface area contributed by atoms with E-state index in [1.807, 2.05) is 30.3 Å². The van der Waals surface area contributed by atoms with Crippen molar-refractivity contribution >= 4 is 52.8 Å². The van der Waals surface area contributed by atoms with E-state index in [9.17, 15) is 24.5 Å². The molecule has 3 amide bonds. The maximum Gasteiger partial charge on any atom is 0.276 e. The van der Waals surface area contributed by atoms with Crippen LogP contribution in [0.3, 0.4) is 0 Å². The number of nitrogens with one attached hydrogen (secondary N) is 3. The number of hydrogen-bond acceptors (Lipinski definition) is 8. The largest absolute Gasteiger partial charge is 0.360 e. The number of anilines is 2. The summed E-state index contributed by atoms with van der Waals surface area (Å²) in [6.45, 7) is 1.72. The number of amides is 3. The van der Waals surface area contributed by atoms with Gasteiger partial charge in [-0.05, 0) is 55.0 Å². The van der Waals surface area contributed by atoms with Crippen LogP contribution in [-0.4, -0.2) is 27.8 Å². The first-order valence-electron chi connectivity index (χ1n) is 14.0. The summed E-state index contributed by atoms with van der Waals surface area (Å²) in [7, 11) is 0. The summed E-state index contributed by atoms with van der Waals surface area (Å²) >= 11 is 1.26. The van der Waals surface area contributed by atoms with E-state index >= 15 is 0 Å². The quantitative estimate of drug-likeness (QED) is 0.0622. The van der Waals surface area contributed by atoms with E-state index in [-0.39, 0.29) is 22.9 Å². The van der Waals surface area contributed by atoms with Crippen molar-refractivity contribution in [2.24, 2.45) is 0 Å². The van der Waals surface area contributed by atoms with Gasteiger partial charge in [0, 0.05) is 28.3 Å². The zero-order chi connectivity index (χ0) is 32.5. The van der Waals surface area contributed by atoms with Crippen molar-refractivity contribution in [1.29, 1.82) is 0 Å². The summed E-state index contributed by atoms with van der Waals surface area (Å²) in [4.78, 5) is 51.7. The number of carbonyl (C=O) groups excluding carboxylic acids is 3. The van der Waals surface area contributed by atoms with Gasteiger partial charge >= 0.3 is 0 Å². The number of carbonyl (C=O) groups is 3. The number of rotatable bonds is 11. The van der Waals surface area contributed by atoms with Crippen LogP contribution in [0.15, 0.2) is 130 Å². The second-order valence-corrected chi connectivity index (χ2v) is 11.1. The molecule has 1 heterocycles. The van der Waals surface area contributed by atoms with Crippen molar-refractivity contribution in [3.05, 3.63) is 154 Å². The second kappa shape index (κ2) is 14.6. The summed E-state index contributed by atoms with van der Waals surface area (Å²) in [6, 6.07) is 31.8. The highest BCUT2D eigenvalue weighted by Gasteiger charge is 2.24. The molecule has 11 nitrogen and oxygen atoms in total. The molecule has 1 atom stereocenters. The molecule has 46 heavy (non-hydrogen) atoms. The lowest BCUT2D eigenvalue weighted by Gasteiger charge is -2.17. The molecule has 0 aliphatic rings. The highest BCUT2D eigenvalue weighted by atomic mass is 32.2. The first kappa shape index (κ1) is 31.4. The van der Waals surface area contributed by atoms with E-state index in [1.165, 1.54) is 36.0 Å². The van der Waals surface area contributed by atoms with E-state index < -0.39 is 22.0 Å². The van der Waals surface area contributed by atoms with Crippen molar-refractivity contribution in [2.75, 3.05) is 10.6 Å². The predicted molar refractivity (Wildman–Crippen MR) is 175 cm³/mol. The van der Waals surface area contributed by atoms with Crippen molar-refractivity contribution in [3.63, 3.8) is 0 Å². The first-order valence-corrected chi connectivity index (χ1v) is 14.8.